The molecule has 1 aromatic carbocycles. The molecule has 5 heteroatoms. The quantitative estimate of drug-likeness (QED) is 0.897. The van der Waals surface area contributed by atoms with Crippen molar-refractivity contribution < 1.29 is 9.18 Å². The number of likely N-dealkylation sites (tertiary alicyclic amines) is 1. The Hall–Kier alpha value is -1.13. The molecule has 1 aliphatic carbocycles. The van der Waals surface area contributed by atoms with Gasteiger partial charge in [-0.1, -0.05) is 25.0 Å². The van der Waals surface area contributed by atoms with Crippen LogP contribution in [0.2, 0.25) is 0 Å². The van der Waals surface area contributed by atoms with Crippen LogP contribution in [-0.2, 0) is 10.2 Å². The zero-order valence-corrected chi connectivity index (χ0v) is 15.2. The van der Waals surface area contributed by atoms with Crippen molar-refractivity contribution in [2.75, 3.05) is 26.7 Å². The lowest BCUT2D eigenvalue weighted by Crippen LogP contribution is -2.50. The average molecular weight is 355 g/mol. The Morgan fingerprint density at radius 3 is 2.54 bits per heavy atom. The number of nitrogens with one attached hydrogen (secondary N) is 1. The monoisotopic (exact) mass is 354 g/mol. The topological polar surface area (TPSA) is 32.3 Å². The molecular weight excluding hydrogens is 327 g/mol. The summed E-state index contributed by atoms with van der Waals surface area (Å²) in [5.41, 5.74) is 0.576. The van der Waals surface area contributed by atoms with E-state index < -0.39 is 5.41 Å². The van der Waals surface area contributed by atoms with Crippen LogP contribution in [0.15, 0.2) is 24.3 Å². The summed E-state index contributed by atoms with van der Waals surface area (Å²) in [7, 11) is 1.97. The number of hydrogen-bond donors (Lipinski definition) is 1. The first-order valence-corrected chi connectivity index (χ1v) is 8.86. The molecule has 1 N–H and O–H groups in total. The van der Waals surface area contributed by atoms with E-state index >= 15 is 0 Å². The minimum absolute atomic E-state index is 0. The fourth-order valence-electron chi connectivity index (χ4n) is 4.38. The molecule has 1 amide bonds. The highest BCUT2D eigenvalue weighted by Crippen LogP contribution is 2.43. The second-order valence-electron chi connectivity index (χ2n) is 7.11. The summed E-state index contributed by atoms with van der Waals surface area (Å²) in [5, 5.41) is 3.23. The number of nitrogens with zero attached hydrogens (tertiary/aromatic N) is 1. The molecule has 0 spiro atoms. The van der Waals surface area contributed by atoms with Gasteiger partial charge in [-0.05, 0) is 62.9 Å². The molecule has 0 bridgehead atoms. The first kappa shape index (κ1) is 19.2. The van der Waals surface area contributed by atoms with E-state index in [1.807, 2.05) is 19.2 Å². The van der Waals surface area contributed by atoms with Crippen LogP contribution < -0.4 is 5.32 Å². The lowest BCUT2D eigenvalue weighted by Gasteiger charge is -2.39. The molecular formula is C19H28ClFN2O. The van der Waals surface area contributed by atoms with Crippen molar-refractivity contribution in [3.05, 3.63) is 35.6 Å². The standard InChI is InChI=1S/C19H27FN2O.ClH/c1-21-13-15-5-4-12-22(14-15)18(23)19(10-2-3-11-19)16-6-8-17(20)9-7-16;/h6-9,15,21H,2-5,10-14H2,1H3;1H. The Balaban J connectivity index is 0.00000208. The number of amides is 1. The highest BCUT2D eigenvalue weighted by Gasteiger charge is 2.45. The third-order valence-corrected chi connectivity index (χ3v) is 5.56. The molecule has 1 unspecified atom stereocenters. The average Bonchev–Trinajstić information content (AvgIpc) is 3.06. The summed E-state index contributed by atoms with van der Waals surface area (Å²) in [4.78, 5) is 15.4. The molecule has 24 heavy (non-hydrogen) atoms. The molecule has 0 radical (unpaired) electrons. The van der Waals surface area contributed by atoms with Crippen LogP contribution in [0.25, 0.3) is 0 Å². The van der Waals surface area contributed by atoms with Crippen molar-refractivity contribution in [1.82, 2.24) is 10.2 Å². The lowest BCUT2D eigenvalue weighted by molar-refractivity contribution is -0.139. The van der Waals surface area contributed by atoms with Crippen LogP contribution >= 0.6 is 12.4 Å². The van der Waals surface area contributed by atoms with Crippen LogP contribution in [-0.4, -0.2) is 37.5 Å². The van der Waals surface area contributed by atoms with Crippen LogP contribution in [0.3, 0.4) is 0 Å². The lowest BCUT2D eigenvalue weighted by atomic mass is 9.77. The smallest absolute Gasteiger partial charge is 0.233 e. The maximum Gasteiger partial charge on any atom is 0.233 e. The van der Waals surface area contributed by atoms with Crippen LogP contribution in [0.1, 0.15) is 44.1 Å². The minimum atomic E-state index is -0.421. The van der Waals surface area contributed by atoms with Gasteiger partial charge in [0.2, 0.25) is 5.91 Å². The van der Waals surface area contributed by atoms with Crippen molar-refractivity contribution in [3.8, 4) is 0 Å². The van der Waals surface area contributed by atoms with Gasteiger partial charge in [-0.3, -0.25) is 4.79 Å². The van der Waals surface area contributed by atoms with Crippen molar-refractivity contribution in [2.45, 2.75) is 43.9 Å². The van der Waals surface area contributed by atoms with Gasteiger partial charge < -0.3 is 10.2 Å². The number of piperidine rings is 1. The summed E-state index contributed by atoms with van der Waals surface area (Å²) in [6.07, 6.45) is 6.22. The van der Waals surface area contributed by atoms with Crippen molar-refractivity contribution in [2.24, 2.45) is 5.92 Å². The number of benzene rings is 1. The molecule has 2 aliphatic rings. The van der Waals surface area contributed by atoms with Gasteiger partial charge >= 0.3 is 0 Å². The number of carbonyl (C=O) groups is 1. The van der Waals surface area contributed by atoms with E-state index in [0.717, 1.165) is 57.3 Å². The van der Waals surface area contributed by atoms with Gasteiger partial charge in [0.05, 0.1) is 5.41 Å². The van der Waals surface area contributed by atoms with Crippen LogP contribution in [0, 0.1) is 11.7 Å². The predicted octanol–water partition coefficient (Wildman–Crippen LogP) is 3.52. The van der Waals surface area contributed by atoms with Gasteiger partial charge in [0, 0.05) is 13.1 Å². The first-order valence-electron chi connectivity index (χ1n) is 8.86. The van der Waals surface area contributed by atoms with Crippen molar-refractivity contribution >= 4 is 18.3 Å². The maximum absolute atomic E-state index is 13.4. The SMILES string of the molecule is CNCC1CCCN(C(=O)C2(c3ccc(F)cc3)CCCC2)C1.Cl. The summed E-state index contributed by atoms with van der Waals surface area (Å²) >= 11 is 0. The number of carbonyl (C=O) groups excluding carboxylic acids is 1. The van der Waals surface area contributed by atoms with E-state index in [0.29, 0.717) is 5.92 Å². The second-order valence-corrected chi connectivity index (χ2v) is 7.11. The summed E-state index contributed by atoms with van der Waals surface area (Å²) in [6, 6.07) is 6.60. The number of rotatable bonds is 4. The van der Waals surface area contributed by atoms with Gasteiger partial charge in [0.1, 0.15) is 5.82 Å². The van der Waals surface area contributed by atoms with E-state index in [1.54, 1.807) is 0 Å². The zero-order chi connectivity index (χ0) is 16.3. The normalized spacial score (nSPS) is 22.9. The highest BCUT2D eigenvalue weighted by atomic mass is 35.5. The van der Waals surface area contributed by atoms with E-state index in [1.165, 1.54) is 18.6 Å². The summed E-state index contributed by atoms with van der Waals surface area (Å²) in [6.45, 7) is 2.68. The van der Waals surface area contributed by atoms with Gasteiger partial charge in [-0.2, -0.15) is 0 Å². The zero-order valence-electron chi connectivity index (χ0n) is 14.4. The molecule has 2 fully saturated rings. The van der Waals surface area contributed by atoms with E-state index in [4.69, 9.17) is 0 Å². The van der Waals surface area contributed by atoms with Crippen molar-refractivity contribution in [1.29, 1.82) is 0 Å². The van der Waals surface area contributed by atoms with Gasteiger partial charge in [-0.15, -0.1) is 12.4 Å². The van der Waals surface area contributed by atoms with Gasteiger partial charge in [-0.25, -0.2) is 4.39 Å². The van der Waals surface area contributed by atoms with Crippen molar-refractivity contribution in [3.63, 3.8) is 0 Å². The molecule has 0 aromatic heterocycles. The third kappa shape index (κ3) is 3.75. The molecule has 3 rings (SSSR count). The van der Waals surface area contributed by atoms with Gasteiger partial charge in [0.25, 0.3) is 0 Å². The van der Waals surface area contributed by atoms with Crippen LogP contribution in [0.4, 0.5) is 4.39 Å². The Bertz CT molecular complexity index is 541. The second kappa shape index (κ2) is 8.30. The Morgan fingerprint density at radius 1 is 1.25 bits per heavy atom. The number of hydrogen-bond acceptors (Lipinski definition) is 2. The van der Waals surface area contributed by atoms with Gasteiger partial charge in [0.15, 0.2) is 0 Å². The molecule has 3 nitrogen and oxygen atoms in total. The molecule has 134 valence electrons. The van der Waals surface area contributed by atoms with Crippen LogP contribution in [0.5, 0.6) is 0 Å². The Morgan fingerprint density at radius 2 is 1.92 bits per heavy atom. The summed E-state index contributed by atoms with van der Waals surface area (Å²) < 4.78 is 13.3. The predicted molar refractivity (Wildman–Crippen MR) is 97.0 cm³/mol. The maximum atomic E-state index is 13.4. The third-order valence-electron chi connectivity index (χ3n) is 5.56. The molecule has 1 heterocycles. The first-order chi connectivity index (χ1) is 11.2. The molecule has 1 saturated carbocycles. The summed E-state index contributed by atoms with van der Waals surface area (Å²) in [5.74, 6) is 0.577. The molecule has 1 atom stereocenters. The van der Waals surface area contributed by atoms with E-state index in [2.05, 4.69) is 10.2 Å². The molecule has 1 saturated heterocycles. The largest absolute Gasteiger partial charge is 0.342 e. The Labute approximate surface area is 150 Å². The van der Waals surface area contributed by atoms with E-state index in [9.17, 15) is 9.18 Å². The molecule has 1 aromatic rings. The fourth-order valence-corrected chi connectivity index (χ4v) is 4.38. The van der Waals surface area contributed by atoms with E-state index in [-0.39, 0.29) is 24.1 Å². The number of halogens is 2. The fraction of sp³-hybridized carbons (Fsp3) is 0.632. The highest BCUT2D eigenvalue weighted by molar-refractivity contribution is 5.88. The minimum Gasteiger partial charge on any atom is -0.342 e. The Kier molecular flexibility index (Phi) is 6.64. The molecule has 1 aliphatic heterocycles.